The van der Waals surface area contributed by atoms with E-state index < -0.39 is 40.0 Å². The van der Waals surface area contributed by atoms with E-state index in [1.807, 2.05) is 58.9 Å². The van der Waals surface area contributed by atoms with Crippen LogP contribution in [0.2, 0.25) is 23.2 Å². The molecule has 0 saturated carbocycles. The second kappa shape index (κ2) is 16.7. The molecule has 2 aromatic rings. The van der Waals surface area contributed by atoms with Gasteiger partial charge in [0, 0.05) is 11.8 Å². The molecule has 1 aliphatic heterocycles. The number of Topliss-reactive ketones (excluding diaryl/α,β-unsaturated/α-hetero) is 1. The van der Waals surface area contributed by atoms with Crippen LogP contribution in [0.15, 0.2) is 97.1 Å². The summed E-state index contributed by atoms with van der Waals surface area (Å²) in [5.41, 5.74) is -0.381. The van der Waals surface area contributed by atoms with Gasteiger partial charge in [-0.2, -0.15) is 0 Å². The van der Waals surface area contributed by atoms with E-state index >= 15 is 0 Å². The molecule has 1 N–H and O–H groups in total. The first-order valence-electron chi connectivity index (χ1n) is 18.5. The Morgan fingerprint density at radius 1 is 0.922 bits per heavy atom. The lowest BCUT2D eigenvalue weighted by molar-refractivity contribution is -0.146. The molecule has 1 saturated heterocycles. The van der Waals surface area contributed by atoms with Crippen molar-refractivity contribution in [2.45, 2.75) is 142 Å². The summed E-state index contributed by atoms with van der Waals surface area (Å²) in [6.45, 7) is 31.7. The Bertz CT molecular complexity index is 1460. The number of carbonyl (C=O) groups is 1. The van der Waals surface area contributed by atoms with Crippen LogP contribution in [0.4, 0.5) is 0 Å². The van der Waals surface area contributed by atoms with Crippen molar-refractivity contribution in [1.29, 1.82) is 0 Å². The zero-order valence-electron chi connectivity index (χ0n) is 33.7. The first-order valence-corrected chi connectivity index (χ1v) is 23.3. The topological polar surface area (TPSA) is 74.2 Å². The van der Waals surface area contributed by atoms with Crippen LogP contribution in [-0.2, 0) is 23.1 Å². The van der Waals surface area contributed by atoms with Gasteiger partial charge in [-0.15, -0.1) is 0 Å². The maximum atomic E-state index is 14.1. The second-order valence-corrected chi connectivity index (χ2v) is 26.7. The molecule has 282 valence electrons. The van der Waals surface area contributed by atoms with Gasteiger partial charge in [-0.3, -0.25) is 4.79 Å². The number of hydrogen-bond acceptors (Lipinski definition) is 6. The van der Waals surface area contributed by atoms with E-state index in [-0.39, 0.29) is 28.1 Å². The summed E-state index contributed by atoms with van der Waals surface area (Å²) in [7, 11) is -4.96. The van der Waals surface area contributed by atoms with Gasteiger partial charge in [0.15, 0.2) is 19.9 Å². The molecule has 51 heavy (non-hydrogen) atoms. The Balaban J connectivity index is 2.04. The summed E-state index contributed by atoms with van der Waals surface area (Å²) in [5.74, 6) is -1.02. The number of benzene rings is 2. The number of ketones is 1. The van der Waals surface area contributed by atoms with Crippen LogP contribution in [0.5, 0.6) is 0 Å². The highest BCUT2D eigenvalue weighted by atomic mass is 28.4. The molecule has 0 amide bonds. The monoisotopic (exact) mass is 734 g/mol. The molecule has 1 fully saturated rings. The number of aliphatic hydroxyl groups is 1. The molecule has 0 aliphatic carbocycles. The van der Waals surface area contributed by atoms with E-state index in [9.17, 15) is 9.90 Å². The van der Waals surface area contributed by atoms with Gasteiger partial charge in [-0.05, 0) is 80.2 Å². The number of carbonyl (C=O) groups excluding carboxylic acids is 1. The fourth-order valence-corrected chi connectivity index (χ4v) is 12.4. The molecule has 1 heterocycles. The molecule has 4 atom stereocenters. The zero-order chi connectivity index (χ0) is 38.5. The van der Waals surface area contributed by atoms with Crippen LogP contribution in [0.1, 0.15) is 89.0 Å². The molecular formula is C43H66O6Si2. The Labute approximate surface area is 311 Å². The lowest BCUT2D eigenvalue weighted by atomic mass is 9.81. The van der Waals surface area contributed by atoms with E-state index in [1.165, 1.54) is 0 Å². The van der Waals surface area contributed by atoms with Crippen molar-refractivity contribution >= 4 is 32.8 Å². The van der Waals surface area contributed by atoms with Crippen molar-refractivity contribution in [1.82, 2.24) is 0 Å². The van der Waals surface area contributed by atoms with Gasteiger partial charge in [0.25, 0.3) is 8.32 Å². The van der Waals surface area contributed by atoms with Crippen molar-refractivity contribution in [3.8, 4) is 0 Å². The highest BCUT2D eigenvalue weighted by Crippen LogP contribution is 2.41. The van der Waals surface area contributed by atoms with Crippen molar-refractivity contribution in [2.24, 2.45) is 5.41 Å². The predicted molar refractivity (Wildman–Crippen MR) is 217 cm³/mol. The highest BCUT2D eigenvalue weighted by molar-refractivity contribution is 6.99. The average Bonchev–Trinajstić information content (AvgIpc) is 3.30. The molecule has 0 spiro atoms. The summed E-state index contributed by atoms with van der Waals surface area (Å²) in [4.78, 5) is 14.1. The number of hydrogen-bond donors (Lipinski definition) is 1. The minimum absolute atomic E-state index is 0.0863. The first-order chi connectivity index (χ1) is 23.5. The van der Waals surface area contributed by atoms with Gasteiger partial charge in [0.05, 0.1) is 24.9 Å². The quantitative estimate of drug-likeness (QED) is 0.106. The van der Waals surface area contributed by atoms with Gasteiger partial charge in [-0.25, -0.2) is 0 Å². The lowest BCUT2D eigenvalue weighted by Crippen LogP contribution is -2.68. The van der Waals surface area contributed by atoms with E-state index in [2.05, 4.69) is 110 Å². The SMILES string of the molecule is C=C/C=C(\C[C@@H](C[C@H]1OC(C)(C)O[C@@H]1C)O[Si](c1ccccc1)(c1ccccc1)C(C)(C)C)[C@H](O)C(=O)C(C)(C)/C=C/CO[Si](C)(C)C(C)(C)C. The minimum atomic E-state index is -3.02. The van der Waals surface area contributed by atoms with Crippen LogP contribution in [0.25, 0.3) is 0 Å². The van der Waals surface area contributed by atoms with Gasteiger partial charge in [0.1, 0.15) is 6.10 Å². The van der Waals surface area contributed by atoms with Crippen molar-refractivity contribution in [3.63, 3.8) is 0 Å². The Morgan fingerprint density at radius 2 is 1.45 bits per heavy atom. The molecule has 8 heteroatoms. The summed E-state index contributed by atoms with van der Waals surface area (Å²) in [6, 6.07) is 21.0. The second-order valence-electron chi connectivity index (χ2n) is 17.7. The maximum Gasteiger partial charge on any atom is 0.261 e. The molecule has 0 bridgehead atoms. The summed E-state index contributed by atoms with van der Waals surface area (Å²) >= 11 is 0. The highest BCUT2D eigenvalue weighted by Gasteiger charge is 2.52. The summed E-state index contributed by atoms with van der Waals surface area (Å²) in [5, 5.41) is 14.0. The molecule has 0 radical (unpaired) electrons. The first kappa shape index (κ1) is 43.0. The van der Waals surface area contributed by atoms with Gasteiger partial charge < -0.3 is 23.4 Å². The lowest BCUT2D eigenvalue weighted by Gasteiger charge is -2.46. The number of allylic oxidation sites excluding steroid dienone is 3. The molecule has 2 aromatic carbocycles. The van der Waals surface area contributed by atoms with Crippen LogP contribution in [0.3, 0.4) is 0 Å². The molecule has 6 nitrogen and oxygen atoms in total. The predicted octanol–water partition coefficient (Wildman–Crippen LogP) is 8.90. The smallest absolute Gasteiger partial charge is 0.261 e. The van der Waals surface area contributed by atoms with Crippen molar-refractivity contribution in [2.75, 3.05) is 6.61 Å². The Kier molecular flexibility index (Phi) is 14.1. The summed E-state index contributed by atoms with van der Waals surface area (Å²) < 4.78 is 26.6. The number of ether oxygens (including phenoxy) is 2. The molecule has 1 aliphatic rings. The van der Waals surface area contributed by atoms with E-state index in [0.717, 1.165) is 10.4 Å². The molecule has 0 unspecified atom stereocenters. The van der Waals surface area contributed by atoms with Crippen LogP contribution >= 0.6 is 0 Å². The third-order valence-electron chi connectivity index (χ3n) is 10.6. The number of aliphatic hydroxyl groups excluding tert-OH is 1. The fraction of sp³-hybridized carbons (Fsp3) is 0.558. The third-order valence-corrected chi connectivity index (χ3v) is 20.2. The van der Waals surface area contributed by atoms with Crippen LogP contribution < -0.4 is 10.4 Å². The standard InChI is InChI=1S/C43H66O6Si2/c1-15-23-33(38(44)39(45)42(9,10)28-22-29-46-50(13,14)40(3,4)5)30-34(31-37-32(2)47-43(11,12)48-37)49-51(41(6,7)8,35-24-18-16-19-25-35)36-26-20-17-21-27-36/h15-28,32,34,37-38,44H,1,29-31H2,2-14H3/b28-22+,33-23+/t32-,34+,37-,38+/m1/s1. The van der Waals surface area contributed by atoms with Crippen LogP contribution in [-0.4, -0.2) is 64.3 Å². The minimum Gasteiger partial charge on any atom is -0.413 e. The van der Waals surface area contributed by atoms with Gasteiger partial charge in [-0.1, -0.05) is 133 Å². The third kappa shape index (κ3) is 10.6. The van der Waals surface area contributed by atoms with Crippen LogP contribution in [0, 0.1) is 5.41 Å². The Hall–Kier alpha value is -2.44. The zero-order valence-corrected chi connectivity index (χ0v) is 35.7. The number of rotatable bonds is 16. The fourth-order valence-electron chi connectivity index (χ4n) is 6.73. The van der Waals surface area contributed by atoms with E-state index in [0.29, 0.717) is 25.0 Å². The average molecular weight is 735 g/mol. The molecular weight excluding hydrogens is 669 g/mol. The van der Waals surface area contributed by atoms with Gasteiger partial charge in [0.2, 0.25) is 0 Å². The Morgan fingerprint density at radius 3 is 1.88 bits per heavy atom. The van der Waals surface area contributed by atoms with Gasteiger partial charge >= 0.3 is 0 Å². The normalized spacial score (nSPS) is 20.4. The molecule has 3 rings (SSSR count). The van der Waals surface area contributed by atoms with E-state index in [4.69, 9.17) is 18.3 Å². The summed E-state index contributed by atoms with van der Waals surface area (Å²) in [6.07, 6.45) is 5.81. The molecule has 0 aromatic heterocycles. The van der Waals surface area contributed by atoms with Crippen molar-refractivity contribution < 1.29 is 28.2 Å². The van der Waals surface area contributed by atoms with E-state index in [1.54, 1.807) is 12.2 Å². The van der Waals surface area contributed by atoms with Crippen molar-refractivity contribution in [3.05, 3.63) is 97.1 Å². The largest absolute Gasteiger partial charge is 0.413 e. The maximum absolute atomic E-state index is 14.1.